The van der Waals surface area contributed by atoms with E-state index in [1.54, 1.807) is 42.9 Å². The lowest BCUT2D eigenvalue weighted by molar-refractivity contribution is -0.510. The summed E-state index contributed by atoms with van der Waals surface area (Å²) in [6.45, 7) is 10.8. The number of nitrogens with two attached hydrogens (primary N) is 1. The number of likely N-dealkylation sites (N-methyl/N-ethyl adjacent to an activating group) is 2. The Balaban J connectivity index is 0.00000882. The van der Waals surface area contributed by atoms with Crippen LogP contribution in [-0.2, 0) is 19.6 Å². The van der Waals surface area contributed by atoms with Crippen LogP contribution in [0.25, 0.3) is 0 Å². The van der Waals surface area contributed by atoms with E-state index in [1.165, 1.54) is 8.88 Å². The summed E-state index contributed by atoms with van der Waals surface area (Å²) in [5.41, 5.74) is 5.84. The summed E-state index contributed by atoms with van der Waals surface area (Å²) < 4.78 is 36.5. The third-order valence-electron chi connectivity index (χ3n) is 7.17. The van der Waals surface area contributed by atoms with Gasteiger partial charge in [-0.2, -0.15) is 9.84 Å². The van der Waals surface area contributed by atoms with Gasteiger partial charge in [0.2, 0.25) is 22.0 Å². The molecule has 1 fully saturated rings. The van der Waals surface area contributed by atoms with Crippen molar-refractivity contribution in [3.63, 3.8) is 0 Å². The largest absolute Gasteiger partial charge is 1.00 e. The molecule has 2 rings (SSSR count). The molecule has 14 heteroatoms. The van der Waals surface area contributed by atoms with Gasteiger partial charge in [0.05, 0.1) is 13.2 Å². The average Bonchev–Trinajstić information content (AvgIpc) is 2.92. The normalized spacial score (nSPS) is 15.1. The first-order chi connectivity index (χ1) is 19.5. The smallest absolute Gasteiger partial charge is 0.290 e. The van der Waals surface area contributed by atoms with Gasteiger partial charge in [0.15, 0.2) is 6.54 Å². The maximum absolute atomic E-state index is 13.6. The summed E-state index contributed by atoms with van der Waals surface area (Å²) in [7, 11) is -0.632. The van der Waals surface area contributed by atoms with Crippen molar-refractivity contribution in [2.24, 2.45) is 11.0 Å². The molecule has 0 saturated heterocycles. The minimum absolute atomic E-state index is 0. The zero-order valence-corrected chi connectivity index (χ0v) is 26.7. The number of ether oxygens (including phenoxy) is 1. The lowest BCUT2D eigenvalue weighted by Gasteiger charge is -2.27. The highest BCUT2D eigenvalue weighted by Gasteiger charge is 2.38. The monoisotopic (exact) mass is 629 g/mol. The lowest BCUT2D eigenvalue weighted by Crippen LogP contribution is -3.00. The number of carbonyl (C=O) groups is 2. The lowest BCUT2D eigenvalue weighted by atomic mass is 9.84. The van der Waals surface area contributed by atoms with E-state index in [1.807, 2.05) is 6.92 Å². The van der Waals surface area contributed by atoms with Crippen molar-refractivity contribution >= 4 is 41.0 Å². The zero-order chi connectivity index (χ0) is 30.4. The van der Waals surface area contributed by atoms with Crippen LogP contribution in [0.4, 0.5) is 5.69 Å². The molecule has 1 aromatic rings. The maximum Gasteiger partial charge on any atom is 0.290 e. The number of nitrogens with zero attached hydrogens (tertiary/aromatic N) is 4. The molecule has 1 aromatic carbocycles. The molecule has 236 valence electrons. The second kappa shape index (κ2) is 18.6. The van der Waals surface area contributed by atoms with Crippen molar-refractivity contribution in [1.29, 1.82) is 0 Å². The van der Waals surface area contributed by atoms with Gasteiger partial charge in [0, 0.05) is 12.2 Å². The van der Waals surface area contributed by atoms with Crippen molar-refractivity contribution in [1.82, 2.24) is 9.62 Å². The number of nitrogens with one attached hydrogen (secondary N) is 2. The first-order valence-electron chi connectivity index (χ1n) is 14.2. The van der Waals surface area contributed by atoms with Crippen LogP contribution in [0, 0.1) is 5.92 Å². The molecule has 0 bridgehead atoms. The molecule has 2 atom stereocenters. The minimum Gasteiger partial charge on any atom is -1.00 e. The van der Waals surface area contributed by atoms with Gasteiger partial charge >= 0.3 is 0 Å². The average molecular weight is 630 g/mol. The molecule has 42 heavy (non-hydrogen) atoms. The number of halogens is 1. The molecule has 0 heterocycles. The molecule has 2 amide bonds. The molecule has 1 aliphatic rings. The molecular formula is C28H48ClN7O5S+2. The van der Waals surface area contributed by atoms with Gasteiger partial charge in [-0.15, -0.1) is 0 Å². The number of benzene rings is 1. The van der Waals surface area contributed by atoms with Crippen LogP contribution < -0.4 is 33.3 Å². The topological polar surface area (TPSA) is 149 Å². The second-order valence-electron chi connectivity index (χ2n) is 10.7. The Kier molecular flexibility index (Phi) is 16.4. The summed E-state index contributed by atoms with van der Waals surface area (Å²) in [6, 6.07) is 5.06. The SMILES string of the molecule is C=[N+](C)CCN(CCN=[NH2+])S(=O)(=O)C[C@@H](C(=O)N[C@@H](CC1CCCCC1)C(=O)Nc1ccc(OCC)cc1)[N+](=C)C.[Cl-]. The molecule has 4 N–H and O–H groups in total. The highest BCUT2D eigenvalue weighted by molar-refractivity contribution is 7.89. The van der Waals surface area contributed by atoms with E-state index < -0.39 is 33.8 Å². The van der Waals surface area contributed by atoms with E-state index in [0.717, 1.165) is 32.1 Å². The number of hydrogen-bond donors (Lipinski definition) is 3. The first-order valence-corrected chi connectivity index (χ1v) is 15.8. The Morgan fingerprint density at radius 1 is 1.12 bits per heavy atom. The van der Waals surface area contributed by atoms with Crippen LogP contribution in [0.3, 0.4) is 0 Å². The number of amides is 2. The Hall–Kier alpha value is -2.90. The molecule has 12 nitrogen and oxygen atoms in total. The quantitative estimate of drug-likeness (QED) is 0.0924. The molecule has 0 aliphatic heterocycles. The fraction of sp³-hybridized carbons (Fsp3) is 0.643. The van der Waals surface area contributed by atoms with Gasteiger partial charge in [-0.1, -0.05) is 32.1 Å². The van der Waals surface area contributed by atoms with E-state index in [2.05, 4.69) is 29.2 Å². The molecule has 1 aliphatic carbocycles. The summed E-state index contributed by atoms with van der Waals surface area (Å²) >= 11 is 0. The van der Waals surface area contributed by atoms with E-state index in [0.29, 0.717) is 31.0 Å². The van der Waals surface area contributed by atoms with Crippen LogP contribution in [0.5, 0.6) is 5.75 Å². The Bertz CT molecular complexity index is 1160. The second-order valence-corrected chi connectivity index (χ2v) is 12.7. The summed E-state index contributed by atoms with van der Waals surface area (Å²) in [6.07, 6.45) is 5.77. The van der Waals surface area contributed by atoms with Crippen molar-refractivity contribution in [3.05, 3.63) is 24.3 Å². The standard InChI is InChI=1S/C28H45N7O5S.ClH/c1-6-40-24-14-12-23(13-15-24)31-27(36)25(20-22-10-8-7-9-11-22)32-28(37)26(34(4)5)21-41(38,39)35(17-16-30-29)19-18-33(2)3;/h12-15,22,25-26,29H,2,4,6-11,16-21H2,1,3,5H3;1H/p+2/t25-,26-;/m0./s1. The van der Waals surface area contributed by atoms with Crippen LogP contribution in [0.1, 0.15) is 45.4 Å². The van der Waals surface area contributed by atoms with E-state index >= 15 is 0 Å². The van der Waals surface area contributed by atoms with Gasteiger partial charge in [0.25, 0.3) is 5.91 Å². The Morgan fingerprint density at radius 3 is 2.31 bits per heavy atom. The number of hydrogen-bond acceptors (Lipinski definition) is 6. The molecule has 0 radical (unpaired) electrons. The summed E-state index contributed by atoms with van der Waals surface area (Å²) in [4.78, 5) is 27.0. The summed E-state index contributed by atoms with van der Waals surface area (Å²) in [5.74, 6) is -0.468. The van der Waals surface area contributed by atoms with Crippen LogP contribution in [0.15, 0.2) is 29.4 Å². The number of carbonyl (C=O) groups excluding carboxylic acids is 2. The van der Waals surface area contributed by atoms with Gasteiger partial charge in [-0.05, 0) is 48.6 Å². The van der Waals surface area contributed by atoms with Gasteiger partial charge in [0.1, 0.15) is 51.6 Å². The molecule has 1 saturated carbocycles. The minimum atomic E-state index is -3.91. The predicted molar refractivity (Wildman–Crippen MR) is 159 cm³/mol. The third kappa shape index (κ3) is 12.5. The number of rotatable bonds is 18. The number of anilines is 1. The van der Waals surface area contributed by atoms with Crippen molar-refractivity contribution < 1.29 is 49.8 Å². The maximum atomic E-state index is 13.6. The van der Waals surface area contributed by atoms with Crippen LogP contribution >= 0.6 is 0 Å². The van der Waals surface area contributed by atoms with Crippen molar-refractivity contribution in [3.8, 4) is 5.75 Å². The van der Waals surface area contributed by atoms with Crippen LogP contribution in [-0.4, -0.2) is 112 Å². The number of sulfonamides is 1. The van der Waals surface area contributed by atoms with E-state index in [4.69, 9.17) is 10.3 Å². The van der Waals surface area contributed by atoms with Crippen molar-refractivity contribution in [2.45, 2.75) is 57.5 Å². The molecule has 0 spiro atoms. The summed E-state index contributed by atoms with van der Waals surface area (Å²) in [5, 5.41) is 9.29. The fourth-order valence-electron chi connectivity index (χ4n) is 4.84. The zero-order valence-electron chi connectivity index (χ0n) is 25.1. The van der Waals surface area contributed by atoms with E-state index in [9.17, 15) is 18.0 Å². The Morgan fingerprint density at radius 2 is 1.76 bits per heavy atom. The fourth-order valence-corrected chi connectivity index (χ4v) is 6.57. The van der Waals surface area contributed by atoms with Gasteiger partial charge in [-0.3, -0.25) is 9.59 Å². The van der Waals surface area contributed by atoms with Crippen LogP contribution in [0.2, 0.25) is 0 Å². The van der Waals surface area contributed by atoms with E-state index in [-0.39, 0.29) is 43.9 Å². The highest BCUT2D eigenvalue weighted by atomic mass is 35.5. The van der Waals surface area contributed by atoms with Crippen molar-refractivity contribution in [2.75, 3.05) is 58.0 Å². The predicted octanol–water partition coefficient (Wildman–Crippen LogP) is -2.62. The Labute approximate surface area is 256 Å². The van der Waals surface area contributed by atoms with Gasteiger partial charge < -0.3 is 27.8 Å². The van der Waals surface area contributed by atoms with Gasteiger partial charge in [-0.25, -0.2) is 17.6 Å². The first kappa shape index (κ1) is 37.1. The molecule has 0 unspecified atom stereocenters. The highest BCUT2D eigenvalue weighted by Crippen LogP contribution is 2.28. The molecule has 0 aromatic heterocycles. The third-order valence-corrected chi connectivity index (χ3v) is 9.05. The molecular weight excluding hydrogens is 582 g/mol.